The number of hydrogen-bond acceptors (Lipinski definition) is 5. The monoisotopic (exact) mass is 312 g/mol. The quantitative estimate of drug-likeness (QED) is 0.679. The van der Waals surface area contributed by atoms with Crippen LogP contribution in [0.1, 0.15) is 27.0 Å². The lowest BCUT2D eigenvalue weighted by molar-refractivity contribution is 0.0965. The molecule has 2 heterocycles. The summed E-state index contributed by atoms with van der Waals surface area (Å²) in [6.45, 7) is 4.22. The molecule has 0 aliphatic rings. The average molecular weight is 312 g/mol. The molecular weight excluding hydrogens is 296 g/mol. The van der Waals surface area contributed by atoms with Crippen LogP contribution in [0.2, 0.25) is 0 Å². The topological polar surface area (TPSA) is 60.7 Å². The van der Waals surface area contributed by atoms with Crippen molar-refractivity contribution in [2.24, 2.45) is 0 Å². The Kier molecular flexibility index (Phi) is 4.11. The zero-order chi connectivity index (χ0) is 15.5. The maximum atomic E-state index is 12.2. The molecule has 0 atom stereocenters. The van der Waals surface area contributed by atoms with E-state index in [0.717, 1.165) is 16.9 Å². The van der Waals surface area contributed by atoms with Crippen LogP contribution in [0.5, 0.6) is 0 Å². The van der Waals surface area contributed by atoms with Crippen molar-refractivity contribution >= 4 is 17.1 Å². The maximum absolute atomic E-state index is 12.2. The molecule has 0 fully saturated rings. The molecule has 0 unspecified atom stereocenters. The molecule has 0 amide bonds. The summed E-state index contributed by atoms with van der Waals surface area (Å²) in [4.78, 5) is 15.5. The molecule has 0 radical (unpaired) electrons. The standard InChI is InChI=1S/C16H16N4OS/c1-3-13-8-9-15(22-13)14(21)10-20-18-16(17-19-20)12-6-4-11(2)5-7-12/h4-9H,3,10H2,1-2H3. The summed E-state index contributed by atoms with van der Waals surface area (Å²) < 4.78 is 0. The Hall–Kier alpha value is -2.34. The number of benzene rings is 1. The van der Waals surface area contributed by atoms with E-state index in [1.807, 2.05) is 43.3 Å². The van der Waals surface area contributed by atoms with Crippen molar-refractivity contribution in [2.75, 3.05) is 0 Å². The molecule has 6 heteroatoms. The summed E-state index contributed by atoms with van der Waals surface area (Å²) in [5.41, 5.74) is 2.07. The molecule has 0 aliphatic heterocycles. The molecule has 5 nitrogen and oxygen atoms in total. The molecule has 0 N–H and O–H groups in total. The number of Topliss-reactive ketones (excluding diaryl/α,β-unsaturated/α-hetero) is 1. The average Bonchev–Trinajstić information content (AvgIpc) is 3.17. The Morgan fingerprint density at radius 2 is 1.95 bits per heavy atom. The van der Waals surface area contributed by atoms with E-state index < -0.39 is 0 Å². The highest BCUT2D eigenvalue weighted by molar-refractivity contribution is 7.14. The van der Waals surface area contributed by atoms with Gasteiger partial charge in [0.15, 0.2) is 5.78 Å². The Morgan fingerprint density at radius 1 is 1.18 bits per heavy atom. The van der Waals surface area contributed by atoms with Gasteiger partial charge < -0.3 is 0 Å². The predicted molar refractivity (Wildman–Crippen MR) is 86.0 cm³/mol. The molecular formula is C16H16N4OS. The van der Waals surface area contributed by atoms with Crippen LogP contribution in [0.3, 0.4) is 0 Å². The van der Waals surface area contributed by atoms with Crippen molar-refractivity contribution in [3.8, 4) is 11.4 Å². The summed E-state index contributed by atoms with van der Waals surface area (Å²) >= 11 is 1.53. The molecule has 3 rings (SSSR count). The number of nitrogens with zero attached hydrogens (tertiary/aromatic N) is 4. The summed E-state index contributed by atoms with van der Waals surface area (Å²) in [7, 11) is 0. The van der Waals surface area contributed by atoms with E-state index in [1.165, 1.54) is 26.6 Å². The maximum Gasteiger partial charge on any atom is 0.204 e. The first-order valence-corrected chi connectivity index (χ1v) is 7.94. The van der Waals surface area contributed by atoms with Crippen LogP contribution in [0.15, 0.2) is 36.4 Å². The molecule has 0 saturated carbocycles. The van der Waals surface area contributed by atoms with Gasteiger partial charge in [-0.05, 0) is 30.7 Å². The molecule has 0 saturated heterocycles. The molecule has 0 aliphatic carbocycles. The zero-order valence-electron chi connectivity index (χ0n) is 12.5. The Bertz CT molecular complexity index is 789. The first-order chi connectivity index (χ1) is 10.7. The van der Waals surface area contributed by atoms with Crippen molar-refractivity contribution in [3.63, 3.8) is 0 Å². The highest BCUT2D eigenvalue weighted by atomic mass is 32.1. The molecule has 112 valence electrons. The van der Waals surface area contributed by atoms with E-state index in [9.17, 15) is 4.79 Å². The largest absolute Gasteiger partial charge is 0.291 e. The smallest absolute Gasteiger partial charge is 0.204 e. The van der Waals surface area contributed by atoms with E-state index in [2.05, 4.69) is 22.3 Å². The van der Waals surface area contributed by atoms with E-state index in [4.69, 9.17) is 0 Å². The van der Waals surface area contributed by atoms with E-state index >= 15 is 0 Å². The van der Waals surface area contributed by atoms with Gasteiger partial charge in [-0.1, -0.05) is 36.8 Å². The molecule has 22 heavy (non-hydrogen) atoms. The minimum Gasteiger partial charge on any atom is -0.291 e. The van der Waals surface area contributed by atoms with E-state index in [-0.39, 0.29) is 12.3 Å². The van der Waals surface area contributed by atoms with Gasteiger partial charge in [-0.15, -0.1) is 21.5 Å². The van der Waals surface area contributed by atoms with Gasteiger partial charge in [0.05, 0.1) is 4.88 Å². The van der Waals surface area contributed by atoms with Gasteiger partial charge in [-0.2, -0.15) is 4.80 Å². The molecule has 1 aromatic carbocycles. The van der Waals surface area contributed by atoms with Gasteiger partial charge in [0.1, 0.15) is 6.54 Å². The number of carbonyl (C=O) groups excluding carboxylic acids is 1. The number of rotatable bonds is 5. The Labute approximate surface area is 132 Å². The van der Waals surface area contributed by atoms with Gasteiger partial charge in [0.25, 0.3) is 0 Å². The molecule has 3 aromatic rings. The number of tetrazole rings is 1. The second kappa shape index (κ2) is 6.19. The van der Waals surface area contributed by atoms with Crippen LogP contribution < -0.4 is 0 Å². The fourth-order valence-corrected chi connectivity index (χ4v) is 2.93. The van der Waals surface area contributed by atoms with Crippen LogP contribution in [-0.4, -0.2) is 26.0 Å². The third-order valence-corrected chi connectivity index (χ3v) is 4.60. The van der Waals surface area contributed by atoms with Crippen molar-refractivity contribution in [3.05, 3.63) is 51.7 Å². The van der Waals surface area contributed by atoms with Crippen molar-refractivity contribution in [2.45, 2.75) is 26.8 Å². The van der Waals surface area contributed by atoms with Crippen LogP contribution in [-0.2, 0) is 13.0 Å². The number of thiophene rings is 1. The highest BCUT2D eigenvalue weighted by Crippen LogP contribution is 2.18. The van der Waals surface area contributed by atoms with Crippen LogP contribution in [0, 0.1) is 6.92 Å². The molecule has 2 aromatic heterocycles. The fraction of sp³-hybridized carbons (Fsp3) is 0.250. The second-order valence-electron chi connectivity index (χ2n) is 5.05. The number of hydrogen-bond donors (Lipinski definition) is 0. The third kappa shape index (κ3) is 3.12. The lowest BCUT2D eigenvalue weighted by Gasteiger charge is -1.97. The van der Waals surface area contributed by atoms with Crippen molar-refractivity contribution in [1.82, 2.24) is 20.2 Å². The molecule has 0 bridgehead atoms. The van der Waals surface area contributed by atoms with Gasteiger partial charge in [-0.3, -0.25) is 4.79 Å². The van der Waals surface area contributed by atoms with Crippen molar-refractivity contribution in [1.29, 1.82) is 0 Å². The van der Waals surface area contributed by atoms with E-state index in [1.54, 1.807) is 0 Å². The summed E-state index contributed by atoms with van der Waals surface area (Å²) in [5.74, 6) is 0.547. The summed E-state index contributed by atoms with van der Waals surface area (Å²) in [6.07, 6.45) is 0.942. The summed E-state index contributed by atoms with van der Waals surface area (Å²) in [5, 5.41) is 12.3. The van der Waals surface area contributed by atoms with Gasteiger partial charge >= 0.3 is 0 Å². The van der Waals surface area contributed by atoms with Gasteiger partial charge in [0, 0.05) is 10.4 Å². The van der Waals surface area contributed by atoms with Gasteiger partial charge in [0.2, 0.25) is 5.82 Å². The normalized spacial score (nSPS) is 10.8. The second-order valence-corrected chi connectivity index (χ2v) is 6.22. The lowest BCUT2D eigenvalue weighted by atomic mass is 10.1. The highest BCUT2D eigenvalue weighted by Gasteiger charge is 2.13. The number of carbonyl (C=O) groups is 1. The predicted octanol–water partition coefficient (Wildman–Crippen LogP) is 3.16. The van der Waals surface area contributed by atoms with Gasteiger partial charge in [-0.25, -0.2) is 0 Å². The van der Waals surface area contributed by atoms with Crippen LogP contribution in [0.25, 0.3) is 11.4 Å². The zero-order valence-corrected chi connectivity index (χ0v) is 13.3. The first-order valence-electron chi connectivity index (χ1n) is 7.12. The summed E-state index contributed by atoms with van der Waals surface area (Å²) in [6, 6.07) is 11.8. The number of aryl methyl sites for hydroxylation is 2. The SMILES string of the molecule is CCc1ccc(C(=O)Cn2nnc(-c3ccc(C)cc3)n2)s1. The molecule has 0 spiro atoms. The minimum absolute atomic E-state index is 0.0116. The van der Waals surface area contributed by atoms with E-state index in [0.29, 0.717) is 5.82 Å². The van der Waals surface area contributed by atoms with Crippen molar-refractivity contribution < 1.29 is 4.79 Å². The Morgan fingerprint density at radius 3 is 2.64 bits per heavy atom. The third-order valence-electron chi connectivity index (χ3n) is 3.33. The minimum atomic E-state index is 0.0116. The Balaban J connectivity index is 1.73. The van der Waals surface area contributed by atoms with Crippen LogP contribution >= 0.6 is 11.3 Å². The fourth-order valence-electron chi connectivity index (χ4n) is 2.05. The first kappa shape index (κ1) is 14.6. The number of ketones is 1. The lowest BCUT2D eigenvalue weighted by Crippen LogP contribution is -2.12. The van der Waals surface area contributed by atoms with Crippen LogP contribution in [0.4, 0.5) is 0 Å². The number of aromatic nitrogens is 4.